The largest absolute Gasteiger partial charge is 0.489 e. The molecular formula is C21H20BrN3O6. The van der Waals surface area contributed by atoms with Gasteiger partial charge in [-0.1, -0.05) is 15.9 Å². The van der Waals surface area contributed by atoms with Crippen molar-refractivity contribution in [2.45, 2.75) is 13.0 Å². The highest BCUT2D eigenvalue weighted by Crippen LogP contribution is 2.26. The van der Waals surface area contributed by atoms with Crippen LogP contribution in [0.2, 0.25) is 0 Å². The third-order valence-corrected chi connectivity index (χ3v) is 4.97. The second-order valence-corrected chi connectivity index (χ2v) is 7.68. The summed E-state index contributed by atoms with van der Waals surface area (Å²) >= 11 is 3.33. The summed E-state index contributed by atoms with van der Waals surface area (Å²) in [5.41, 5.74) is 7.35. The third kappa shape index (κ3) is 5.60. The predicted molar refractivity (Wildman–Crippen MR) is 117 cm³/mol. The SMILES string of the molecule is CC(=O)c1cc(Br)ccc1OCC1CN(c2ccc(C(N)=NCC(=O)O)cc2)C(=O)O1. The molecule has 0 radical (unpaired) electrons. The van der Waals surface area contributed by atoms with E-state index in [2.05, 4.69) is 20.9 Å². The number of anilines is 1. The van der Waals surface area contributed by atoms with Crippen molar-refractivity contribution in [2.75, 3.05) is 24.6 Å². The quantitative estimate of drug-likeness (QED) is 0.331. The molecule has 1 unspecified atom stereocenters. The minimum atomic E-state index is -1.08. The van der Waals surface area contributed by atoms with Crippen LogP contribution in [0.1, 0.15) is 22.8 Å². The number of ketones is 1. The number of Topliss-reactive ketones (excluding diaryl/α,β-unsaturated/α-hetero) is 1. The van der Waals surface area contributed by atoms with Crippen LogP contribution >= 0.6 is 15.9 Å². The van der Waals surface area contributed by atoms with Gasteiger partial charge in [0.2, 0.25) is 0 Å². The van der Waals surface area contributed by atoms with Crippen LogP contribution in [0.5, 0.6) is 5.75 Å². The molecule has 0 spiro atoms. The fourth-order valence-electron chi connectivity index (χ4n) is 2.96. The molecule has 2 aromatic rings. The molecule has 1 atom stereocenters. The number of amides is 1. The number of carbonyl (C=O) groups excluding carboxylic acids is 2. The van der Waals surface area contributed by atoms with Crippen molar-refractivity contribution >= 4 is 45.3 Å². The second kappa shape index (κ2) is 9.61. The van der Waals surface area contributed by atoms with Gasteiger partial charge in [0.25, 0.3) is 0 Å². The molecule has 0 bridgehead atoms. The van der Waals surface area contributed by atoms with Crippen LogP contribution in [0.15, 0.2) is 51.9 Å². The first-order valence-corrected chi connectivity index (χ1v) is 10.1. The van der Waals surface area contributed by atoms with Gasteiger partial charge in [-0.05, 0) is 49.4 Å². The van der Waals surface area contributed by atoms with Gasteiger partial charge in [0.05, 0.1) is 12.1 Å². The minimum Gasteiger partial charge on any atom is -0.489 e. The minimum absolute atomic E-state index is 0.0943. The number of carboxylic acid groups (broad SMARTS) is 1. The van der Waals surface area contributed by atoms with E-state index in [1.807, 2.05) is 0 Å². The first-order chi connectivity index (χ1) is 14.7. The number of carboxylic acids is 1. The van der Waals surface area contributed by atoms with Gasteiger partial charge in [0.15, 0.2) is 11.9 Å². The second-order valence-electron chi connectivity index (χ2n) is 6.77. The topological polar surface area (TPSA) is 132 Å². The highest BCUT2D eigenvalue weighted by molar-refractivity contribution is 9.10. The maximum Gasteiger partial charge on any atom is 0.414 e. The molecule has 9 nitrogen and oxygen atoms in total. The van der Waals surface area contributed by atoms with E-state index in [4.69, 9.17) is 20.3 Å². The van der Waals surface area contributed by atoms with Gasteiger partial charge < -0.3 is 20.3 Å². The van der Waals surface area contributed by atoms with Crippen LogP contribution in [0.3, 0.4) is 0 Å². The number of cyclic esters (lactones) is 1. The van der Waals surface area contributed by atoms with Crippen LogP contribution in [0, 0.1) is 0 Å². The normalized spacial score (nSPS) is 16.2. The summed E-state index contributed by atoms with van der Waals surface area (Å²) in [7, 11) is 0. The van der Waals surface area contributed by atoms with Gasteiger partial charge in [0.1, 0.15) is 24.7 Å². The summed E-state index contributed by atoms with van der Waals surface area (Å²) in [6, 6.07) is 11.8. The summed E-state index contributed by atoms with van der Waals surface area (Å²) in [4.78, 5) is 39.9. The number of amidine groups is 1. The van der Waals surface area contributed by atoms with Crippen LogP contribution in [0.25, 0.3) is 0 Å². The number of halogens is 1. The fourth-order valence-corrected chi connectivity index (χ4v) is 3.32. The Morgan fingerprint density at radius 2 is 2.00 bits per heavy atom. The van der Waals surface area contributed by atoms with E-state index >= 15 is 0 Å². The first kappa shape index (κ1) is 22.3. The van der Waals surface area contributed by atoms with Gasteiger partial charge in [-0.25, -0.2) is 4.79 Å². The van der Waals surface area contributed by atoms with E-state index in [1.54, 1.807) is 42.5 Å². The Balaban J connectivity index is 1.64. The number of nitrogens with zero attached hydrogens (tertiary/aromatic N) is 2. The lowest BCUT2D eigenvalue weighted by Crippen LogP contribution is -2.27. The number of ether oxygens (including phenoxy) is 2. The molecule has 2 aromatic carbocycles. The van der Waals surface area contributed by atoms with Gasteiger partial charge in [-0.3, -0.25) is 19.5 Å². The van der Waals surface area contributed by atoms with Crippen LogP contribution in [-0.4, -0.2) is 54.6 Å². The summed E-state index contributed by atoms with van der Waals surface area (Å²) in [5.74, 6) is -0.690. The van der Waals surface area contributed by atoms with Crippen LogP contribution < -0.4 is 15.4 Å². The molecule has 1 fully saturated rings. The monoisotopic (exact) mass is 489 g/mol. The molecule has 0 saturated carbocycles. The number of rotatable bonds is 8. The Labute approximate surface area is 186 Å². The molecule has 10 heteroatoms. The van der Waals surface area contributed by atoms with Crippen molar-refractivity contribution in [1.82, 2.24) is 0 Å². The smallest absolute Gasteiger partial charge is 0.414 e. The van der Waals surface area contributed by atoms with E-state index in [-0.39, 0.29) is 24.8 Å². The molecule has 3 rings (SSSR count). The van der Waals surface area contributed by atoms with Crippen molar-refractivity contribution in [1.29, 1.82) is 0 Å². The molecular weight excluding hydrogens is 470 g/mol. The van der Waals surface area contributed by atoms with Gasteiger partial charge in [0, 0.05) is 15.7 Å². The molecule has 31 heavy (non-hydrogen) atoms. The van der Waals surface area contributed by atoms with Crippen molar-refractivity contribution in [3.05, 3.63) is 58.1 Å². The Morgan fingerprint density at radius 1 is 1.29 bits per heavy atom. The zero-order valence-electron chi connectivity index (χ0n) is 16.6. The maximum absolute atomic E-state index is 12.3. The summed E-state index contributed by atoms with van der Waals surface area (Å²) < 4.78 is 11.9. The highest BCUT2D eigenvalue weighted by atomic mass is 79.9. The summed E-state index contributed by atoms with van der Waals surface area (Å²) in [6.07, 6.45) is -1.03. The third-order valence-electron chi connectivity index (χ3n) is 4.48. The van der Waals surface area contributed by atoms with Crippen LogP contribution in [-0.2, 0) is 9.53 Å². The molecule has 0 aliphatic carbocycles. The number of carbonyl (C=O) groups is 3. The van der Waals surface area contributed by atoms with Crippen molar-refractivity contribution in [3.63, 3.8) is 0 Å². The van der Waals surface area contributed by atoms with Crippen molar-refractivity contribution in [2.24, 2.45) is 10.7 Å². The fraction of sp³-hybridized carbons (Fsp3) is 0.238. The van der Waals surface area contributed by atoms with Gasteiger partial charge >= 0.3 is 12.1 Å². The summed E-state index contributed by atoms with van der Waals surface area (Å²) in [6.45, 7) is 1.40. The Morgan fingerprint density at radius 3 is 2.65 bits per heavy atom. The van der Waals surface area contributed by atoms with E-state index in [0.717, 1.165) is 4.47 Å². The molecule has 1 saturated heterocycles. The Hall–Kier alpha value is -3.40. The molecule has 3 N–H and O–H groups in total. The number of benzene rings is 2. The lowest BCUT2D eigenvalue weighted by Gasteiger charge is -2.14. The average Bonchev–Trinajstić information content (AvgIpc) is 3.11. The molecule has 1 aliphatic rings. The van der Waals surface area contributed by atoms with E-state index in [1.165, 1.54) is 11.8 Å². The number of aliphatic carboxylic acids is 1. The van der Waals surface area contributed by atoms with E-state index < -0.39 is 24.7 Å². The zero-order valence-corrected chi connectivity index (χ0v) is 18.2. The first-order valence-electron chi connectivity index (χ1n) is 9.28. The molecule has 1 amide bonds. The lowest BCUT2D eigenvalue weighted by atomic mass is 10.1. The number of hydrogen-bond donors (Lipinski definition) is 2. The number of aliphatic imine (C=N–C) groups is 1. The maximum atomic E-state index is 12.3. The predicted octanol–water partition coefficient (Wildman–Crippen LogP) is 2.85. The average molecular weight is 490 g/mol. The molecule has 162 valence electrons. The molecule has 1 aliphatic heterocycles. The summed E-state index contributed by atoms with van der Waals surface area (Å²) in [5, 5.41) is 8.67. The van der Waals surface area contributed by atoms with Crippen molar-refractivity contribution < 1.29 is 29.0 Å². The standard InChI is InChI=1S/C21H20BrN3O6/c1-12(26)17-8-14(22)4-7-18(17)30-11-16-10-25(21(29)31-16)15-5-2-13(3-6-15)20(23)24-9-19(27)28/h2-8,16H,9-11H2,1H3,(H2,23,24)(H,27,28). The van der Waals surface area contributed by atoms with Gasteiger partial charge in [-0.2, -0.15) is 0 Å². The molecule has 0 aromatic heterocycles. The Kier molecular flexibility index (Phi) is 6.91. The zero-order chi connectivity index (χ0) is 22.5. The Bertz CT molecular complexity index is 1040. The van der Waals surface area contributed by atoms with E-state index in [9.17, 15) is 14.4 Å². The number of hydrogen-bond acceptors (Lipinski definition) is 6. The molecule has 1 heterocycles. The highest BCUT2D eigenvalue weighted by Gasteiger charge is 2.33. The van der Waals surface area contributed by atoms with E-state index in [0.29, 0.717) is 22.6 Å². The van der Waals surface area contributed by atoms with Gasteiger partial charge in [-0.15, -0.1) is 0 Å². The number of nitrogens with two attached hydrogens (primary N) is 1. The lowest BCUT2D eigenvalue weighted by molar-refractivity contribution is -0.135. The van der Waals surface area contributed by atoms with Crippen LogP contribution in [0.4, 0.5) is 10.5 Å². The van der Waals surface area contributed by atoms with Crippen molar-refractivity contribution in [3.8, 4) is 5.75 Å².